The van der Waals surface area contributed by atoms with Crippen LogP contribution >= 0.6 is 0 Å². The van der Waals surface area contributed by atoms with E-state index >= 15 is 0 Å². The van der Waals surface area contributed by atoms with Crippen LogP contribution in [-0.2, 0) is 4.79 Å². The molecular formula is C11H16N2O4. The van der Waals surface area contributed by atoms with Crippen molar-refractivity contribution in [2.75, 3.05) is 13.1 Å². The third kappa shape index (κ3) is 3.58. The van der Waals surface area contributed by atoms with E-state index in [0.717, 1.165) is 0 Å². The minimum Gasteiger partial charge on any atom is -0.480 e. The van der Waals surface area contributed by atoms with Crippen molar-refractivity contribution in [2.24, 2.45) is 5.92 Å². The normalized spacial score (nSPS) is 10.6. The molecule has 0 saturated carbocycles. The summed E-state index contributed by atoms with van der Waals surface area (Å²) in [5, 5.41) is 12.3. The van der Waals surface area contributed by atoms with E-state index in [1.165, 1.54) is 11.1 Å². The van der Waals surface area contributed by atoms with Gasteiger partial charge in [0.2, 0.25) is 0 Å². The number of aliphatic carboxylic acids is 1. The quantitative estimate of drug-likeness (QED) is 0.835. The molecule has 0 radical (unpaired) electrons. The molecule has 6 nitrogen and oxygen atoms in total. The molecule has 0 bridgehead atoms. The minimum absolute atomic E-state index is 0.193. The van der Waals surface area contributed by atoms with Crippen LogP contribution in [0.4, 0.5) is 0 Å². The third-order valence-corrected chi connectivity index (χ3v) is 2.18. The van der Waals surface area contributed by atoms with Crippen LogP contribution in [0.1, 0.15) is 30.0 Å². The van der Waals surface area contributed by atoms with Gasteiger partial charge in [0.05, 0.1) is 6.20 Å². The van der Waals surface area contributed by atoms with Gasteiger partial charge in [-0.25, -0.2) is 0 Å². The predicted octanol–water partition coefficient (Wildman–Crippen LogP) is 1.17. The van der Waals surface area contributed by atoms with Crippen molar-refractivity contribution in [1.82, 2.24) is 10.1 Å². The Balaban J connectivity index is 2.86. The predicted molar refractivity (Wildman–Crippen MR) is 59.6 cm³/mol. The maximum Gasteiger partial charge on any atom is 0.323 e. The molecule has 6 heteroatoms. The number of nitrogens with zero attached hydrogens (tertiary/aromatic N) is 2. The molecule has 0 aliphatic heterocycles. The molecule has 0 aromatic carbocycles. The number of hydrogen-bond donors (Lipinski definition) is 1. The molecule has 0 fully saturated rings. The largest absolute Gasteiger partial charge is 0.480 e. The summed E-state index contributed by atoms with van der Waals surface area (Å²) < 4.78 is 4.80. The van der Waals surface area contributed by atoms with Crippen LogP contribution in [0.2, 0.25) is 0 Å². The Morgan fingerprint density at radius 2 is 2.18 bits per heavy atom. The number of carbonyl (C=O) groups is 2. The molecule has 0 unspecified atom stereocenters. The van der Waals surface area contributed by atoms with Gasteiger partial charge in [-0.3, -0.25) is 9.59 Å². The highest BCUT2D eigenvalue weighted by Crippen LogP contribution is 2.11. The second-order valence-electron chi connectivity index (χ2n) is 4.27. The van der Waals surface area contributed by atoms with Gasteiger partial charge in [0.15, 0.2) is 0 Å². The molecule has 0 atom stereocenters. The molecule has 1 aromatic rings. The molecule has 94 valence electrons. The fourth-order valence-electron chi connectivity index (χ4n) is 1.50. The highest BCUT2D eigenvalue weighted by Gasteiger charge is 2.22. The van der Waals surface area contributed by atoms with E-state index in [2.05, 4.69) is 5.16 Å². The first-order valence-corrected chi connectivity index (χ1v) is 5.34. The number of amides is 1. The summed E-state index contributed by atoms with van der Waals surface area (Å²) in [7, 11) is 0. The first-order valence-electron chi connectivity index (χ1n) is 5.34. The van der Waals surface area contributed by atoms with Crippen LogP contribution < -0.4 is 0 Å². The van der Waals surface area contributed by atoms with Crippen molar-refractivity contribution < 1.29 is 19.2 Å². The lowest BCUT2D eigenvalue weighted by Crippen LogP contribution is -2.38. The average Bonchev–Trinajstić information content (AvgIpc) is 2.61. The summed E-state index contributed by atoms with van der Waals surface area (Å²) in [5.41, 5.74) is 0.312. The lowest BCUT2D eigenvalue weighted by Gasteiger charge is -2.22. The zero-order valence-electron chi connectivity index (χ0n) is 10.1. The van der Waals surface area contributed by atoms with E-state index in [4.69, 9.17) is 9.63 Å². The van der Waals surface area contributed by atoms with Crippen molar-refractivity contribution in [3.63, 3.8) is 0 Å². The molecule has 17 heavy (non-hydrogen) atoms. The van der Waals surface area contributed by atoms with Gasteiger partial charge in [0, 0.05) is 6.54 Å². The fourth-order valence-corrected chi connectivity index (χ4v) is 1.50. The van der Waals surface area contributed by atoms with Crippen molar-refractivity contribution in [2.45, 2.75) is 20.8 Å². The minimum atomic E-state index is -1.03. The van der Waals surface area contributed by atoms with Crippen LogP contribution in [0.25, 0.3) is 0 Å². The summed E-state index contributed by atoms with van der Waals surface area (Å²) in [6, 6.07) is 0. The Kier molecular flexibility index (Phi) is 4.25. The molecule has 1 aromatic heterocycles. The molecule has 0 aliphatic carbocycles. The molecule has 1 amide bonds. The van der Waals surface area contributed by atoms with Crippen LogP contribution in [0.5, 0.6) is 0 Å². The van der Waals surface area contributed by atoms with Gasteiger partial charge >= 0.3 is 5.97 Å². The number of carboxylic acid groups (broad SMARTS) is 1. The van der Waals surface area contributed by atoms with Crippen molar-refractivity contribution in [1.29, 1.82) is 0 Å². The van der Waals surface area contributed by atoms with Gasteiger partial charge in [-0.15, -0.1) is 0 Å². The van der Waals surface area contributed by atoms with Gasteiger partial charge < -0.3 is 14.5 Å². The number of aromatic nitrogens is 1. The van der Waals surface area contributed by atoms with E-state index in [9.17, 15) is 9.59 Å². The van der Waals surface area contributed by atoms with Crippen molar-refractivity contribution >= 4 is 11.9 Å². The van der Waals surface area contributed by atoms with Gasteiger partial charge in [-0.2, -0.15) is 0 Å². The van der Waals surface area contributed by atoms with Crippen molar-refractivity contribution in [3.8, 4) is 0 Å². The monoisotopic (exact) mass is 240 g/mol. The Morgan fingerprint density at radius 1 is 1.53 bits per heavy atom. The van der Waals surface area contributed by atoms with E-state index in [0.29, 0.717) is 17.9 Å². The second-order valence-corrected chi connectivity index (χ2v) is 4.27. The molecular weight excluding hydrogens is 224 g/mol. The third-order valence-electron chi connectivity index (χ3n) is 2.18. The van der Waals surface area contributed by atoms with Crippen molar-refractivity contribution in [3.05, 3.63) is 17.5 Å². The van der Waals surface area contributed by atoms with Gasteiger partial charge in [-0.05, 0) is 12.8 Å². The number of rotatable bonds is 5. The number of aryl methyl sites for hydroxylation is 1. The smallest absolute Gasteiger partial charge is 0.323 e. The number of carbonyl (C=O) groups excluding carboxylic acids is 1. The van der Waals surface area contributed by atoms with Crippen LogP contribution in [-0.4, -0.2) is 40.1 Å². The van der Waals surface area contributed by atoms with Crippen LogP contribution in [0.3, 0.4) is 0 Å². The SMILES string of the molecule is Cc1oncc1C(=O)N(CC(=O)O)CC(C)C. The maximum atomic E-state index is 12.1. The number of carboxylic acids is 1. The summed E-state index contributed by atoms with van der Waals surface area (Å²) >= 11 is 0. The zero-order chi connectivity index (χ0) is 13.0. The molecule has 0 aliphatic rings. The first-order chi connectivity index (χ1) is 7.91. The Morgan fingerprint density at radius 3 is 2.59 bits per heavy atom. The van der Waals surface area contributed by atoms with Gasteiger partial charge in [0.25, 0.3) is 5.91 Å². The summed E-state index contributed by atoms with van der Waals surface area (Å²) in [5.74, 6) is -0.805. The van der Waals surface area contributed by atoms with Crippen LogP contribution in [0, 0.1) is 12.8 Å². The molecule has 1 heterocycles. The van der Waals surface area contributed by atoms with E-state index in [-0.39, 0.29) is 18.4 Å². The number of hydrogen-bond acceptors (Lipinski definition) is 4. The lowest BCUT2D eigenvalue weighted by atomic mass is 10.1. The van der Waals surface area contributed by atoms with Gasteiger partial charge in [-0.1, -0.05) is 19.0 Å². The van der Waals surface area contributed by atoms with E-state index in [1.54, 1.807) is 6.92 Å². The molecule has 0 saturated heterocycles. The summed E-state index contributed by atoms with van der Waals surface area (Å²) in [6.07, 6.45) is 1.31. The molecule has 1 rings (SSSR count). The molecule has 1 N–H and O–H groups in total. The van der Waals surface area contributed by atoms with E-state index in [1.807, 2.05) is 13.8 Å². The maximum absolute atomic E-state index is 12.1. The molecule has 0 spiro atoms. The average molecular weight is 240 g/mol. The van der Waals surface area contributed by atoms with Gasteiger partial charge in [0.1, 0.15) is 17.9 Å². The fraction of sp³-hybridized carbons (Fsp3) is 0.545. The topological polar surface area (TPSA) is 83.6 Å². The van der Waals surface area contributed by atoms with E-state index < -0.39 is 5.97 Å². The summed E-state index contributed by atoms with van der Waals surface area (Å²) in [4.78, 5) is 24.1. The Labute approximate surface area is 99.2 Å². The Hall–Kier alpha value is -1.85. The Bertz CT molecular complexity index is 411. The lowest BCUT2D eigenvalue weighted by molar-refractivity contribution is -0.137. The second kappa shape index (κ2) is 5.47. The zero-order valence-corrected chi connectivity index (χ0v) is 10.1. The van der Waals surface area contributed by atoms with Crippen LogP contribution in [0.15, 0.2) is 10.7 Å². The first kappa shape index (κ1) is 13.2. The summed E-state index contributed by atoms with van der Waals surface area (Å²) in [6.45, 7) is 5.52. The standard InChI is InChI=1S/C11H16N2O4/c1-7(2)5-13(6-10(14)15)11(16)9-4-12-17-8(9)3/h4,7H,5-6H2,1-3H3,(H,14,15). The highest BCUT2D eigenvalue weighted by atomic mass is 16.5. The highest BCUT2D eigenvalue weighted by molar-refractivity contribution is 5.96.